The Kier molecular flexibility index (Phi) is 3.85. The normalized spacial score (nSPS) is 31.4. The minimum absolute atomic E-state index is 0.0310. The van der Waals surface area contributed by atoms with Gasteiger partial charge in [0.25, 0.3) is 0 Å². The molecule has 2 saturated carbocycles. The molecular formula is C13H24N2O. The Morgan fingerprint density at radius 3 is 2.62 bits per heavy atom. The SMILES string of the molecule is CC1CCC(CNC(C)C(=O)NC2CC2)C1. The van der Waals surface area contributed by atoms with Gasteiger partial charge in [-0.25, -0.2) is 0 Å². The van der Waals surface area contributed by atoms with E-state index in [1.807, 2.05) is 6.92 Å². The second-order valence-corrected chi connectivity index (χ2v) is 5.70. The highest BCUT2D eigenvalue weighted by Gasteiger charge is 2.26. The van der Waals surface area contributed by atoms with E-state index in [4.69, 9.17) is 0 Å². The average Bonchev–Trinajstić information content (AvgIpc) is 2.96. The number of carbonyl (C=O) groups is 1. The van der Waals surface area contributed by atoms with Gasteiger partial charge in [0.2, 0.25) is 5.91 Å². The van der Waals surface area contributed by atoms with Crippen molar-refractivity contribution in [1.29, 1.82) is 0 Å². The van der Waals surface area contributed by atoms with Gasteiger partial charge in [-0.05, 0) is 51.0 Å². The lowest BCUT2D eigenvalue weighted by Crippen LogP contribution is -2.44. The first kappa shape index (κ1) is 11.9. The predicted molar refractivity (Wildman–Crippen MR) is 65.1 cm³/mol. The number of nitrogens with one attached hydrogen (secondary N) is 2. The first-order valence-electron chi connectivity index (χ1n) is 6.69. The Morgan fingerprint density at radius 2 is 2.06 bits per heavy atom. The highest BCUT2D eigenvalue weighted by atomic mass is 16.2. The maximum atomic E-state index is 11.7. The van der Waals surface area contributed by atoms with E-state index in [2.05, 4.69) is 17.6 Å². The van der Waals surface area contributed by atoms with Crippen LogP contribution in [0.4, 0.5) is 0 Å². The first-order chi connectivity index (χ1) is 7.65. The molecule has 0 radical (unpaired) electrons. The topological polar surface area (TPSA) is 41.1 Å². The Labute approximate surface area is 98.4 Å². The summed E-state index contributed by atoms with van der Waals surface area (Å²) in [5, 5.41) is 6.40. The number of rotatable bonds is 5. The van der Waals surface area contributed by atoms with Crippen LogP contribution in [0.2, 0.25) is 0 Å². The van der Waals surface area contributed by atoms with E-state index in [-0.39, 0.29) is 11.9 Å². The Bertz CT molecular complexity index is 250. The van der Waals surface area contributed by atoms with Crippen LogP contribution in [0.25, 0.3) is 0 Å². The molecule has 0 aromatic carbocycles. The lowest BCUT2D eigenvalue weighted by molar-refractivity contribution is -0.122. The van der Waals surface area contributed by atoms with Crippen molar-refractivity contribution in [3.63, 3.8) is 0 Å². The number of hydrogen-bond acceptors (Lipinski definition) is 2. The number of hydrogen-bond donors (Lipinski definition) is 2. The summed E-state index contributed by atoms with van der Waals surface area (Å²) in [5.41, 5.74) is 0. The van der Waals surface area contributed by atoms with Crippen LogP contribution in [-0.4, -0.2) is 24.5 Å². The standard InChI is InChI=1S/C13H24N2O/c1-9-3-4-11(7-9)8-14-10(2)13(16)15-12-5-6-12/h9-12,14H,3-8H2,1-2H3,(H,15,16). The molecule has 0 aliphatic heterocycles. The van der Waals surface area contributed by atoms with Crippen LogP contribution in [-0.2, 0) is 4.79 Å². The van der Waals surface area contributed by atoms with Gasteiger partial charge in [0.05, 0.1) is 6.04 Å². The van der Waals surface area contributed by atoms with Crippen LogP contribution in [0.1, 0.15) is 46.0 Å². The molecule has 2 rings (SSSR count). The van der Waals surface area contributed by atoms with E-state index in [1.165, 1.54) is 32.1 Å². The molecule has 3 heteroatoms. The monoisotopic (exact) mass is 224 g/mol. The molecule has 3 atom stereocenters. The lowest BCUT2D eigenvalue weighted by Gasteiger charge is -2.16. The van der Waals surface area contributed by atoms with Crippen LogP contribution >= 0.6 is 0 Å². The van der Waals surface area contributed by atoms with Gasteiger partial charge in [-0.3, -0.25) is 4.79 Å². The molecule has 92 valence electrons. The summed E-state index contributed by atoms with van der Waals surface area (Å²) in [7, 11) is 0. The second-order valence-electron chi connectivity index (χ2n) is 5.70. The van der Waals surface area contributed by atoms with Crippen molar-refractivity contribution < 1.29 is 4.79 Å². The van der Waals surface area contributed by atoms with Crippen LogP contribution in [0.5, 0.6) is 0 Å². The summed E-state index contributed by atoms with van der Waals surface area (Å²) in [6.45, 7) is 5.29. The molecular weight excluding hydrogens is 200 g/mol. The Balaban J connectivity index is 1.62. The van der Waals surface area contributed by atoms with Crippen LogP contribution in [0.15, 0.2) is 0 Å². The quantitative estimate of drug-likeness (QED) is 0.746. The molecule has 1 amide bonds. The molecule has 0 aromatic rings. The smallest absolute Gasteiger partial charge is 0.237 e. The van der Waals surface area contributed by atoms with Gasteiger partial charge in [-0.1, -0.05) is 13.3 Å². The molecule has 3 nitrogen and oxygen atoms in total. The van der Waals surface area contributed by atoms with Gasteiger partial charge in [-0.2, -0.15) is 0 Å². The van der Waals surface area contributed by atoms with E-state index in [9.17, 15) is 4.79 Å². The van der Waals surface area contributed by atoms with Crippen LogP contribution < -0.4 is 10.6 Å². The van der Waals surface area contributed by atoms with E-state index in [0.717, 1.165) is 18.4 Å². The van der Waals surface area contributed by atoms with Crippen molar-refractivity contribution >= 4 is 5.91 Å². The summed E-state index contributed by atoms with van der Waals surface area (Å²) in [6, 6.07) is 0.444. The van der Waals surface area contributed by atoms with Crippen molar-refractivity contribution in [3.05, 3.63) is 0 Å². The third kappa shape index (κ3) is 3.48. The van der Waals surface area contributed by atoms with Gasteiger partial charge in [0, 0.05) is 6.04 Å². The molecule has 3 unspecified atom stereocenters. The van der Waals surface area contributed by atoms with Gasteiger partial charge < -0.3 is 10.6 Å². The molecule has 2 aliphatic rings. The van der Waals surface area contributed by atoms with Crippen molar-refractivity contribution in [2.24, 2.45) is 11.8 Å². The molecule has 16 heavy (non-hydrogen) atoms. The zero-order chi connectivity index (χ0) is 11.5. The largest absolute Gasteiger partial charge is 0.352 e. The first-order valence-corrected chi connectivity index (χ1v) is 6.69. The summed E-state index contributed by atoms with van der Waals surface area (Å²) in [4.78, 5) is 11.7. The summed E-state index contributed by atoms with van der Waals surface area (Å²) < 4.78 is 0. The van der Waals surface area contributed by atoms with E-state index < -0.39 is 0 Å². The van der Waals surface area contributed by atoms with Gasteiger partial charge in [0.15, 0.2) is 0 Å². The van der Waals surface area contributed by atoms with Crippen molar-refractivity contribution in [2.75, 3.05) is 6.54 Å². The van der Waals surface area contributed by atoms with Crippen molar-refractivity contribution in [3.8, 4) is 0 Å². The molecule has 2 aliphatic carbocycles. The maximum Gasteiger partial charge on any atom is 0.237 e. The number of carbonyl (C=O) groups excluding carboxylic acids is 1. The number of amides is 1. The Hall–Kier alpha value is -0.570. The molecule has 0 heterocycles. The van der Waals surface area contributed by atoms with Crippen molar-refractivity contribution in [2.45, 2.75) is 58.0 Å². The highest BCUT2D eigenvalue weighted by molar-refractivity contribution is 5.81. The predicted octanol–water partition coefficient (Wildman–Crippen LogP) is 1.68. The van der Waals surface area contributed by atoms with Gasteiger partial charge >= 0.3 is 0 Å². The highest BCUT2D eigenvalue weighted by Crippen LogP contribution is 2.29. The van der Waals surface area contributed by atoms with E-state index in [0.29, 0.717) is 6.04 Å². The van der Waals surface area contributed by atoms with E-state index >= 15 is 0 Å². The van der Waals surface area contributed by atoms with Gasteiger partial charge in [-0.15, -0.1) is 0 Å². The van der Waals surface area contributed by atoms with E-state index in [1.54, 1.807) is 0 Å². The summed E-state index contributed by atoms with van der Waals surface area (Å²) in [5.74, 6) is 1.84. The molecule has 0 bridgehead atoms. The third-order valence-corrected chi connectivity index (χ3v) is 3.83. The second kappa shape index (κ2) is 5.17. The summed E-state index contributed by atoms with van der Waals surface area (Å²) >= 11 is 0. The molecule has 0 aromatic heterocycles. The summed E-state index contributed by atoms with van der Waals surface area (Å²) in [6.07, 6.45) is 6.33. The molecule has 2 N–H and O–H groups in total. The fraction of sp³-hybridized carbons (Fsp3) is 0.923. The minimum atomic E-state index is -0.0310. The zero-order valence-electron chi connectivity index (χ0n) is 10.5. The maximum absolute atomic E-state index is 11.7. The van der Waals surface area contributed by atoms with Crippen molar-refractivity contribution in [1.82, 2.24) is 10.6 Å². The average molecular weight is 224 g/mol. The Morgan fingerprint density at radius 1 is 1.31 bits per heavy atom. The molecule has 0 saturated heterocycles. The fourth-order valence-corrected chi connectivity index (χ4v) is 2.50. The zero-order valence-corrected chi connectivity index (χ0v) is 10.5. The third-order valence-electron chi connectivity index (χ3n) is 3.83. The fourth-order valence-electron chi connectivity index (χ4n) is 2.50. The van der Waals surface area contributed by atoms with Gasteiger partial charge in [0.1, 0.15) is 0 Å². The van der Waals surface area contributed by atoms with Crippen LogP contribution in [0.3, 0.4) is 0 Å². The van der Waals surface area contributed by atoms with Crippen LogP contribution in [0, 0.1) is 11.8 Å². The molecule has 0 spiro atoms. The molecule has 2 fully saturated rings. The minimum Gasteiger partial charge on any atom is -0.352 e. The lowest BCUT2D eigenvalue weighted by atomic mass is 10.1.